The minimum absolute atomic E-state index is 0.0196. The molecule has 3 saturated heterocycles. The van der Waals surface area contributed by atoms with Crippen LogP contribution in [0, 0.1) is 11.8 Å². The molecule has 4 N–H and O–H groups in total. The third-order valence-corrected chi connectivity index (χ3v) is 10.3. The highest BCUT2D eigenvalue weighted by Gasteiger charge is 2.48. The number of carbonyl (C=O) groups is 3. The van der Waals surface area contributed by atoms with Gasteiger partial charge in [-0.05, 0) is 58.1 Å². The fourth-order valence-corrected chi connectivity index (χ4v) is 7.12. The molecule has 4 heterocycles. The molecule has 0 saturated carbocycles. The van der Waals surface area contributed by atoms with Gasteiger partial charge in [-0.15, -0.1) is 0 Å². The molecule has 12 heteroatoms. The number of nitrogens with zero attached hydrogens (tertiary/aromatic N) is 1. The van der Waals surface area contributed by atoms with Crippen LogP contribution in [-0.4, -0.2) is 111 Å². The van der Waals surface area contributed by atoms with Crippen LogP contribution in [-0.2, 0) is 28.5 Å². The van der Waals surface area contributed by atoms with Crippen LogP contribution < -0.4 is 5.32 Å². The van der Waals surface area contributed by atoms with Gasteiger partial charge in [0.05, 0.1) is 36.4 Å². The van der Waals surface area contributed by atoms with Crippen molar-refractivity contribution in [1.82, 2.24) is 10.2 Å². The second-order valence-electron chi connectivity index (χ2n) is 14.7. The summed E-state index contributed by atoms with van der Waals surface area (Å²) in [6.45, 7) is 13.4. The topological polar surface area (TPSA) is 167 Å². The summed E-state index contributed by atoms with van der Waals surface area (Å²) in [5.41, 5.74) is -1.80. The molecule has 0 spiro atoms. The minimum Gasteiger partial charge on any atom is -0.457 e. The van der Waals surface area contributed by atoms with E-state index in [9.17, 15) is 29.7 Å². The maximum absolute atomic E-state index is 13.4. The Labute approximate surface area is 284 Å². The predicted molar refractivity (Wildman–Crippen MR) is 178 cm³/mol. The standard InChI is InChI=1S/C36H56N2O10/c1-8-28(41)23(4)33-29(46-33)18-35(6,44)14-9-10-21(2)32-22(3)11-12-30(45-24(5)39)36(7,15-13-27(40)17-31(42)47-32)48-34(43)38-20-25-16-26(38)19-37-25/h9-12,14,22-23,25-30,32-33,37,40-41,44H,8,13,15-20H2,1-7H3/b12-11+,14-9+,21-10+/t22-,23?,25?,26?,27+,28?,29+,30-,32+,33+,35?,36+/m0/s1. The summed E-state index contributed by atoms with van der Waals surface area (Å²) in [7, 11) is 0. The number of cyclic esters (lactones) is 1. The van der Waals surface area contributed by atoms with Crippen LogP contribution in [0.15, 0.2) is 36.0 Å². The molecule has 270 valence electrons. The van der Waals surface area contributed by atoms with Crippen molar-refractivity contribution >= 4 is 18.0 Å². The highest BCUT2D eigenvalue weighted by molar-refractivity contribution is 5.71. The summed E-state index contributed by atoms with van der Waals surface area (Å²) in [5, 5.41) is 35.4. The van der Waals surface area contributed by atoms with Crippen molar-refractivity contribution in [2.45, 2.75) is 147 Å². The monoisotopic (exact) mass is 676 g/mol. The number of aliphatic hydroxyl groups excluding tert-OH is 2. The number of likely N-dealkylation sites (tertiary alicyclic amines) is 1. The van der Waals surface area contributed by atoms with E-state index in [1.807, 2.05) is 27.7 Å². The summed E-state index contributed by atoms with van der Waals surface area (Å²) in [6.07, 6.45) is 6.48. The van der Waals surface area contributed by atoms with Crippen LogP contribution in [0.2, 0.25) is 0 Å². The lowest BCUT2D eigenvalue weighted by Gasteiger charge is -2.38. The van der Waals surface area contributed by atoms with E-state index in [-0.39, 0.29) is 49.5 Å². The lowest BCUT2D eigenvalue weighted by molar-refractivity contribution is -0.158. The molecular weight excluding hydrogens is 620 g/mol. The van der Waals surface area contributed by atoms with E-state index < -0.39 is 59.6 Å². The van der Waals surface area contributed by atoms with Gasteiger partial charge in [0.1, 0.15) is 6.10 Å². The molecule has 0 radical (unpaired) electrons. The number of allylic oxidation sites excluding steroid dienone is 2. The van der Waals surface area contributed by atoms with Gasteiger partial charge in [-0.1, -0.05) is 45.1 Å². The third-order valence-electron chi connectivity index (χ3n) is 10.3. The van der Waals surface area contributed by atoms with Crippen molar-refractivity contribution in [3.63, 3.8) is 0 Å². The van der Waals surface area contributed by atoms with Crippen LogP contribution in [0.3, 0.4) is 0 Å². The van der Waals surface area contributed by atoms with Crippen LogP contribution in [0.4, 0.5) is 4.79 Å². The molecular formula is C36H56N2O10. The first-order valence-corrected chi connectivity index (χ1v) is 17.4. The highest BCUT2D eigenvalue weighted by Crippen LogP contribution is 2.38. The first-order valence-electron chi connectivity index (χ1n) is 17.4. The van der Waals surface area contributed by atoms with Gasteiger partial charge in [0.2, 0.25) is 0 Å². The second-order valence-corrected chi connectivity index (χ2v) is 14.7. The zero-order chi connectivity index (χ0) is 35.4. The fraction of sp³-hybridized carbons (Fsp3) is 0.750. The summed E-state index contributed by atoms with van der Waals surface area (Å²) in [5.74, 6) is -1.55. The zero-order valence-electron chi connectivity index (χ0n) is 29.5. The van der Waals surface area contributed by atoms with Gasteiger partial charge in [0, 0.05) is 50.4 Å². The number of epoxide rings is 1. The first-order chi connectivity index (χ1) is 22.5. The molecule has 2 bridgehead atoms. The molecule has 0 aromatic rings. The minimum atomic E-state index is -1.32. The van der Waals surface area contributed by atoms with Crippen molar-refractivity contribution in [2.75, 3.05) is 13.1 Å². The molecule has 3 fully saturated rings. The van der Waals surface area contributed by atoms with E-state index in [1.54, 1.807) is 49.1 Å². The van der Waals surface area contributed by atoms with Crippen LogP contribution in [0.25, 0.3) is 0 Å². The van der Waals surface area contributed by atoms with E-state index in [0.717, 1.165) is 6.42 Å². The van der Waals surface area contributed by atoms with E-state index >= 15 is 0 Å². The van der Waals surface area contributed by atoms with Gasteiger partial charge in [-0.2, -0.15) is 0 Å². The van der Waals surface area contributed by atoms with E-state index in [0.29, 0.717) is 31.5 Å². The predicted octanol–water partition coefficient (Wildman–Crippen LogP) is 3.33. The number of nitrogens with one attached hydrogen (secondary N) is 1. The van der Waals surface area contributed by atoms with Crippen LogP contribution >= 0.6 is 0 Å². The van der Waals surface area contributed by atoms with Crippen molar-refractivity contribution in [1.29, 1.82) is 0 Å². The number of hydrogen-bond acceptors (Lipinski definition) is 11. The number of esters is 2. The molecule has 0 aromatic carbocycles. The van der Waals surface area contributed by atoms with Crippen LogP contribution in [0.1, 0.15) is 87.0 Å². The number of fused-ring (bicyclic) bond motifs is 2. The molecule has 48 heavy (non-hydrogen) atoms. The quantitative estimate of drug-likeness (QED) is 0.0881. The van der Waals surface area contributed by atoms with Gasteiger partial charge < -0.3 is 44.5 Å². The average molecular weight is 677 g/mol. The molecule has 0 aliphatic carbocycles. The smallest absolute Gasteiger partial charge is 0.410 e. The molecule has 0 aromatic heterocycles. The maximum Gasteiger partial charge on any atom is 0.410 e. The van der Waals surface area contributed by atoms with Crippen LogP contribution in [0.5, 0.6) is 0 Å². The zero-order valence-corrected chi connectivity index (χ0v) is 29.5. The number of carbonyl (C=O) groups excluding carboxylic acids is 3. The summed E-state index contributed by atoms with van der Waals surface area (Å²) in [6, 6.07) is 0.267. The first kappa shape index (κ1) is 38.0. The average Bonchev–Trinajstić information content (AvgIpc) is 3.40. The summed E-state index contributed by atoms with van der Waals surface area (Å²) in [4.78, 5) is 40.4. The number of amides is 1. The van der Waals surface area contributed by atoms with Gasteiger partial charge in [0.25, 0.3) is 0 Å². The Morgan fingerprint density at radius 3 is 2.65 bits per heavy atom. The lowest BCUT2D eigenvalue weighted by atomic mass is 9.88. The fourth-order valence-electron chi connectivity index (χ4n) is 7.12. The second kappa shape index (κ2) is 15.8. The van der Waals surface area contributed by atoms with Crippen molar-refractivity contribution in [3.05, 3.63) is 36.0 Å². The van der Waals surface area contributed by atoms with Crippen molar-refractivity contribution in [2.24, 2.45) is 11.8 Å². The number of ether oxygens (including phenoxy) is 4. The number of rotatable bonds is 10. The Morgan fingerprint density at radius 1 is 1.29 bits per heavy atom. The van der Waals surface area contributed by atoms with E-state index in [1.165, 1.54) is 6.92 Å². The van der Waals surface area contributed by atoms with E-state index in [4.69, 9.17) is 18.9 Å². The molecule has 12 nitrogen and oxygen atoms in total. The largest absolute Gasteiger partial charge is 0.457 e. The molecule has 12 atom stereocenters. The molecule has 1 amide bonds. The number of hydrogen-bond donors (Lipinski definition) is 4. The molecule has 4 aliphatic heterocycles. The van der Waals surface area contributed by atoms with Gasteiger partial charge in [-0.3, -0.25) is 9.59 Å². The lowest BCUT2D eigenvalue weighted by Crippen LogP contribution is -2.52. The third kappa shape index (κ3) is 9.90. The summed E-state index contributed by atoms with van der Waals surface area (Å²) < 4.78 is 23.4. The van der Waals surface area contributed by atoms with Gasteiger partial charge in [-0.25, -0.2) is 4.79 Å². The Balaban J connectivity index is 1.50. The number of aliphatic hydroxyl groups is 3. The van der Waals surface area contributed by atoms with Crippen molar-refractivity contribution < 1.29 is 48.7 Å². The van der Waals surface area contributed by atoms with Crippen molar-refractivity contribution in [3.8, 4) is 0 Å². The highest BCUT2D eigenvalue weighted by atomic mass is 16.6. The van der Waals surface area contributed by atoms with Gasteiger partial charge >= 0.3 is 18.0 Å². The number of piperazine rings is 1. The molecule has 4 aliphatic rings. The Morgan fingerprint density at radius 2 is 2.02 bits per heavy atom. The maximum atomic E-state index is 13.4. The Hall–Kier alpha value is -2.77. The van der Waals surface area contributed by atoms with Gasteiger partial charge in [0.15, 0.2) is 11.7 Å². The molecule has 5 unspecified atom stereocenters. The normalized spacial score (nSPS) is 37.5. The Bertz CT molecular complexity index is 1250. The molecule has 4 rings (SSSR count). The SMILES string of the molecule is CCC(O)C(C)[C@H]1O[C@@H]1CC(C)(O)/C=C/C=C(\C)[C@H]1OC(=O)C[C@H](O)CC[C@@](C)(OC(=O)N2CC3CC2CN3)[C@@H](OC(C)=O)/C=C/[C@@H]1C. The van der Waals surface area contributed by atoms with E-state index in [2.05, 4.69) is 5.32 Å². The summed E-state index contributed by atoms with van der Waals surface area (Å²) >= 11 is 0. The Kier molecular flexibility index (Phi) is 12.6.